The molecule has 2 aromatic heterocycles. The third kappa shape index (κ3) is 4.68. The number of hydrogen-bond donors (Lipinski definition) is 1. The van der Waals surface area contributed by atoms with Crippen molar-refractivity contribution in [3.63, 3.8) is 0 Å². The second kappa shape index (κ2) is 9.79. The lowest BCUT2D eigenvalue weighted by molar-refractivity contribution is -0.140. The van der Waals surface area contributed by atoms with Crippen LogP contribution >= 0.6 is 28.1 Å². The van der Waals surface area contributed by atoms with Gasteiger partial charge in [-0.05, 0) is 61.1 Å². The molecule has 9 heteroatoms. The minimum Gasteiger partial charge on any atom is -0.469 e. The van der Waals surface area contributed by atoms with Crippen LogP contribution in [0.25, 0.3) is 11.3 Å². The van der Waals surface area contributed by atoms with Crippen LogP contribution in [-0.2, 0) is 9.53 Å². The van der Waals surface area contributed by atoms with Crippen molar-refractivity contribution in [3.05, 3.63) is 76.5 Å². The predicted octanol–water partition coefficient (Wildman–Crippen LogP) is 5.17. The number of ether oxygens (including phenoxy) is 1. The molecule has 1 aliphatic heterocycles. The van der Waals surface area contributed by atoms with Gasteiger partial charge in [0.05, 0.1) is 24.4 Å². The Balaban J connectivity index is 1.66. The number of methoxy groups -OCH3 is 1. The molecule has 1 saturated heterocycles. The molecule has 0 aliphatic carbocycles. The largest absolute Gasteiger partial charge is 0.469 e. The zero-order valence-electron chi connectivity index (χ0n) is 17.3. The Kier molecular flexibility index (Phi) is 6.86. The standard InChI is InChI=1S/C23H21BrFN3O3S/c1-30-20(29)6-4-12-28-22(21(27-23(28)32)17-5-2-3-11-26-17)19-10-9-18(31-19)15-8-7-14(24)13-16(15)25/h2-3,5,7-11,13,21-22H,4,6,12H2,1H3,(H,27,32). The van der Waals surface area contributed by atoms with Gasteiger partial charge < -0.3 is 19.4 Å². The lowest BCUT2D eigenvalue weighted by Crippen LogP contribution is -2.30. The highest BCUT2D eigenvalue weighted by atomic mass is 79.9. The van der Waals surface area contributed by atoms with Crippen LogP contribution in [0.4, 0.5) is 4.39 Å². The molecule has 1 N–H and O–H groups in total. The summed E-state index contributed by atoms with van der Waals surface area (Å²) in [4.78, 5) is 18.0. The van der Waals surface area contributed by atoms with E-state index in [0.717, 1.165) is 5.69 Å². The molecule has 0 bridgehead atoms. The first kappa shape index (κ1) is 22.4. The molecule has 166 valence electrons. The first-order chi connectivity index (χ1) is 15.5. The van der Waals surface area contributed by atoms with E-state index in [4.69, 9.17) is 21.4 Å². The van der Waals surface area contributed by atoms with Crippen LogP contribution in [0, 0.1) is 5.82 Å². The van der Waals surface area contributed by atoms with Gasteiger partial charge in [0.25, 0.3) is 0 Å². The minimum absolute atomic E-state index is 0.254. The van der Waals surface area contributed by atoms with E-state index in [0.29, 0.717) is 39.6 Å². The van der Waals surface area contributed by atoms with Gasteiger partial charge in [-0.1, -0.05) is 22.0 Å². The first-order valence-electron chi connectivity index (χ1n) is 10.1. The second-order valence-electron chi connectivity index (χ2n) is 7.33. The lowest BCUT2D eigenvalue weighted by Gasteiger charge is -2.25. The molecule has 0 saturated carbocycles. The van der Waals surface area contributed by atoms with Crippen molar-refractivity contribution in [2.24, 2.45) is 0 Å². The number of pyridine rings is 1. The molecule has 6 nitrogen and oxygen atoms in total. The van der Waals surface area contributed by atoms with Gasteiger partial charge >= 0.3 is 5.97 Å². The topological polar surface area (TPSA) is 67.6 Å². The number of rotatable bonds is 7. The minimum atomic E-state index is -0.378. The van der Waals surface area contributed by atoms with E-state index >= 15 is 0 Å². The van der Waals surface area contributed by atoms with Gasteiger partial charge in [0.15, 0.2) is 5.11 Å². The fourth-order valence-electron chi connectivity index (χ4n) is 3.80. The maximum Gasteiger partial charge on any atom is 0.305 e. The Hall–Kier alpha value is -2.78. The summed E-state index contributed by atoms with van der Waals surface area (Å²) in [6.45, 7) is 0.525. The normalized spacial score (nSPS) is 18.0. The number of halogens is 2. The molecule has 3 heterocycles. The number of benzene rings is 1. The van der Waals surface area contributed by atoms with Gasteiger partial charge in [-0.2, -0.15) is 0 Å². The Morgan fingerprint density at radius 1 is 1.31 bits per heavy atom. The zero-order chi connectivity index (χ0) is 22.7. The van der Waals surface area contributed by atoms with E-state index in [1.807, 2.05) is 29.2 Å². The molecule has 2 atom stereocenters. The Morgan fingerprint density at radius 3 is 2.88 bits per heavy atom. The molecular formula is C23H21BrFN3O3S. The maximum atomic E-state index is 14.5. The van der Waals surface area contributed by atoms with E-state index < -0.39 is 0 Å². The van der Waals surface area contributed by atoms with Crippen LogP contribution in [0.15, 0.2) is 63.6 Å². The van der Waals surface area contributed by atoms with Crippen molar-refractivity contribution < 1.29 is 18.3 Å². The predicted molar refractivity (Wildman–Crippen MR) is 125 cm³/mol. The van der Waals surface area contributed by atoms with Crippen molar-refractivity contribution >= 4 is 39.2 Å². The summed E-state index contributed by atoms with van der Waals surface area (Å²) < 4.78 is 26.0. The molecular weight excluding hydrogens is 497 g/mol. The van der Waals surface area contributed by atoms with E-state index in [2.05, 4.69) is 26.2 Å². The van der Waals surface area contributed by atoms with Gasteiger partial charge in [-0.25, -0.2) is 4.39 Å². The summed E-state index contributed by atoms with van der Waals surface area (Å²) in [5.74, 6) is 0.406. The molecule has 1 aromatic carbocycles. The van der Waals surface area contributed by atoms with Gasteiger partial charge in [0, 0.05) is 23.6 Å². The van der Waals surface area contributed by atoms with Gasteiger partial charge in [-0.3, -0.25) is 9.78 Å². The quantitative estimate of drug-likeness (QED) is 0.342. The van der Waals surface area contributed by atoms with Crippen molar-refractivity contribution in [1.82, 2.24) is 15.2 Å². The third-order valence-electron chi connectivity index (χ3n) is 5.32. The number of nitrogens with zero attached hydrogens (tertiary/aromatic N) is 2. The first-order valence-corrected chi connectivity index (χ1v) is 11.3. The Bertz CT molecular complexity index is 1120. The number of hydrogen-bond acceptors (Lipinski definition) is 5. The molecule has 2 unspecified atom stereocenters. The van der Waals surface area contributed by atoms with Crippen molar-refractivity contribution in [3.8, 4) is 11.3 Å². The van der Waals surface area contributed by atoms with Crippen molar-refractivity contribution in [2.45, 2.75) is 24.9 Å². The van der Waals surface area contributed by atoms with Gasteiger partial charge in [0.2, 0.25) is 0 Å². The lowest BCUT2D eigenvalue weighted by atomic mass is 10.0. The summed E-state index contributed by atoms with van der Waals surface area (Å²) in [7, 11) is 1.37. The third-order valence-corrected chi connectivity index (χ3v) is 6.17. The van der Waals surface area contributed by atoms with E-state index in [1.54, 1.807) is 24.4 Å². The van der Waals surface area contributed by atoms with E-state index in [9.17, 15) is 9.18 Å². The molecule has 4 rings (SSSR count). The number of furan rings is 1. The smallest absolute Gasteiger partial charge is 0.305 e. The number of carbonyl (C=O) groups is 1. The summed E-state index contributed by atoms with van der Waals surface area (Å²) >= 11 is 8.88. The summed E-state index contributed by atoms with van der Waals surface area (Å²) in [5, 5.41) is 3.87. The van der Waals surface area contributed by atoms with E-state index in [1.165, 1.54) is 13.2 Å². The van der Waals surface area contributed by atoms with Crippen molar-refractivity contribution in [1.29, 1.82) is 0 Å². The number of esters is 1. The fourth-order valence-corrected chi connectivity index (χ4v) is 4.46. The van der Waals surface area contributed by atoms with E-state index in [-0.39, 0.29) is 30.3 Å². The highest BCUT2D eigenvalue weighted by Gasteiger charge is 2.41. The van der Waals surface area contributed by atoms with Crippen LogP contribution < -0.4 is 5.32 Å². The summed E-state index contributed by atoms with van der Waals surface area (Å²) in [6.07, 6.45) is 2.57. The van der Waals surface area contributed by atoms with Crippen LogP contribution in [0.5, 0.6) is 0 Å². The van der Waals surface area contributed by atoms with Crippen LogP contribution in [0.2, 0.25) is 0 Å². The Morgan fingerprint density at radius 2 is 2.16 bits per heavy atom. The van der Waals surface area contributed by atoms with Gasteiger partial charge in [-0.15, -0.1) is 0 Å². The Labute approximate surface area is 198 Å². The highest BCUT2D eigenvalue weighted by molar-refractivity contribution is 9.10. The highest BCUT2D eigenvalue weighted by Crippen LogP contribution is 2.41. The van der Waals surface area contributed by atoms with Crippen LogP contribution in [-0.4, -0.2) is 34.6 Å². The summed E-state index contributed by atoms with van der Waals surface area (Å²) in [6, 6.07) is 13.6. The monoisotopic (exact) mass is 517 g/mol. The molecule has 3 aromatic rings. The average Bonchev–Trinajstić information content (AvgIpc) is 3.39. The fraction of sp³-hybridized carbons (Fsp3) is 0.261. The molecule has 0 radical (unpaired) electrons. The number of aromatic nitrogens is 1. The summed E-state index contributed by atoms with van der Waals surface area (Å²) in [5.41, 5.74) is 1.18. The van der Waals surface area contributed by atoms with Gasteiger partial charge in [0.1, 0.15) is 23.4 Å². The van der Waals surface area contributed by atoms with Crippen LogP contribution in [0.1, 0.15) is 36.4 Å². The number of nitrogens with one attached hydrogen (secondary N) is 1. The SMILES string of the molecule is COC(=O)CCCN1C(=S)NC(c2ccccn2)C1c1ccc(-c2ccc(Br)cc2F)o1. The molecule has 1 aliphatic rings. The average molecular weight is 518 g/mol. The molecule has 1 fully saturated rings. The maximum absolute atomic E-state index is 14.5. The number of carbonyl (C=O) groups excluding carboxylic acids is 1. The zero-order valence-corrected chi connectivity index (χ0v) is 19.7. The van der Waals surface area contributed by atoms with Crippen molar-refractivity contribution in [2.75, 3.05) is 13.7 Å². The number of thiocarbonyl (C=S) groups is 1. The molecule has 0 amide bonds. The molecule has 32 heavy (non-hydrogen) atoms. The second-order valence-corrected chi connectivity index (χ2v) is 8.63. The molecule has 0 spiro atoms. The van der Waals surface area contributed by atoms with Crippen LogP contribution in [0.3, 0.4) is 0 Å².